The van der Waals surface area contributed by atoms with Gasteiger partial charge < -0.3 is 0 Å². The zero-order valence-electron chi connectivity index (χ0n) is 9.84. The van der Waals surface area contributed by atoms with Crippen LogP contribution in [0, 0.1) is 23.7 Å². The predicted molar refractivity (Wildman–Crippen MR) is 59.7 cm³/mol. The van der Waals surface area contributed by atoms with E-state index < -0.39 is 0 Å². The molecule has 0 heteroatoms. The Kier molecular flexibility index (Phi) is 4.28. The van der Waals surface area contributed by atoms with E-state index >= 15 is 0 Å². The highest BCUT2D eigenvalue weighted by molar-refractivity contribution is 4.87. The van der Waals surface area contributed by atoms with Crippen molar-refractivity contribution in [3.63, 3.8) is 0 Å². The van der Waals surface area contributed by atoms with E-state index in [0.717, 1.165) is 23.7 Å². The summed E-state index contributed by atoms with van der Waals surface area (Å²) in [7, 11) is 0. The van der Waals surface area contributed by atoms with Crippen LogP contribution >= 0.6 is 0 Å². The van der Waals surface area contributed by atoms with Crippen LogP contribution in [0.25, 0.3) is 0 Å². The van der Waals surface area contributed by atoms with E-state index in [-0.39, 0.29) is 0 Å². The number of hydrogen-bond donors (Lipinski definition) is 0. The van der Waals surface area contributed by atoms with Gasteiger partial charge in [0, 0.05) is 0 Å². The molecule has 1 fully saturated rings. The molecule has 0 heterocycles. The van der Waals surface area contributed by atoms with Crippen molar-refractivity contribution in [2.24, 2.45) is 23.7 Å². The van der Waals surface area contributed by atoms with Crippen LogP contribution in [0.3, 0.4) is 0 Å². The summed E-state index contributed by atoms with van der Waals surface area (Å²) in [5.74, 6) is 4.15. The van der Waals surface area contributed by atoms with E-state index in [1.165, 1.54) is 32.1 Å². The van der Waals surface area contributed by atoms with E-state index in [4.69, 9.17) is 0 Å². The van der Waals surface area contributed by atoms with Crippen LogP contribution in [0.15, 0.2) is 0 Å². The Labute approximate surface area is 84.1 Å². The van der Waals surface area contributed by atoms with Gasteiger partial charge in [-0.2, -0.15) is 0 Å². The SMILES string of the molecule is CCC(C)C(CC)CC1CC1CC. The Balaban J connectivity index is 2.24. The van der Waals surface area contributed by atoms with Gasteiger partial charge in [0.15, 0.2) is 0 Å². The fourth-order valence-electron chi connectivity index (χ4n) is 2.62. The molecule has 1 rings (SSSR count). The van der Waals surface area contributed by atoms with Crippen molar-refractivity contribution < 1.29 is 0 Å². The van der Waals surface area contributed by atoms with Gasteiger partial charge in [-0.25, -0.2) is 0 Å². The van der Waals surface area contributed by atoms with Crippen LogP contribution in [-0.2, 0) is 0 Å². The topological polar surface area (TPSA) is 0 Å². The molecule has 1 saturated carbocycles. The summed E-state index contributed by atoms with van der Waals surface area (Å²) in [6, 6.07) is 0. The first kappa shape index (κ1) is 11.1. The molecule has 1 aliphatic rings. The molecule has 0 aliphatic heterocycles. The first-order chi connectivity index (χ1) is 6.22. The van der Waals surface area contributed by atoms with Gasteiger partial charge in [0.25, 0.3) is 0 Å². The van der Waals surface area contributed by atoms with Crippen molar-refractivity contribution in [3.05, 3.63) is 0 Å². The lowest BCUT2D eigenvalue weighted by Crippen LogP contribution is -2.11. The van der Waals surface area contributed by atoms with E-state index in [0.29, 0.717) is 0 Å². The van der Waals surface area contributed by atoms with Crippen molar-refractivity contribution in [3.8, 4) is 0 Å². The molecule has 4 atom stereocenters. The summed E-state index contributed by atoms with van der Waals surface area (Å²) < 4.78 is 0. The largest absolute Gasteiger partial charge is 0.0651 e. The van der Waals surface area contributed by atoms with Crippen LogP contribution in [0.4, 0.5) is 0 Å². The maximum atomic E-state index is 2.43. The molecule has 0 saturated heterocycles. The summed E-state index contributed by atoms with van der Waals surface area (Å²) in [6.07, 6.45) is 7.22. The van der Waals surface area contributed by atoms with Crippen molar-refractivity contribution in [1.82, 2.24) is 0 Å². The predicted octanol–water partition coefficient (Wildman–Crippen LogP) is 4.49. The average molecular weight is 182 g/mol. The van der Waals surface area contributed by atoms with Crippen molar-refractivity contribution >= 4 is 0 Å². The Morgan fingerprint density at radius 3 is 2.15 bits per heavy atom. The van der Waals surface area contributed by atoms with Crippen molar-refractivity contribution in [2.45, 2.75) is 59.8 Å². The Hall–Kier alpha value is 0. The fourth-order valence-corrected chi connectivity index (χ4v) is 2.62. The number of rotatable bonds is 6. The smallest absolute Gasteiger partial charge is 0.0380 e. The molecule has 0 aromatic rings. The minimum Gasteiger partial charge on any atom is -0.0651 e. The van der Waals surface area contributed by atoms with E-state index in [9.17, 15) is 0 Å². The van der Waals surface area contributed by atoms with E-state index in [1.54, 1.807) is 0 Å². The standard InChI is InChI=1S/C13H26/c1-5-10(4)11(6-2)8-13-9-12(13)7-3/h10-13H,5-9H2,1-4H3. The van der Waals surface area contributed by atoms with Gasteiger partial charge in [0.05, 0.1) is 0 Å². The molecule has 0 N–H and O–H groups in total. The molecule has 0 bridgehead atoms. The monoisotopic (exact) mass is 182 g/mol. The highest BCUT2D eigenvalue weighted by Gasteiger charge is 2.36. The second-order valence-electron chi connectivity index (χ2n) is 4.95. The molecule has 0 aromatic carbocycles. The molecule has 78 valence electrons. The summed E-state index contributed by atoms with van der Waals surface area (Å²) in [6.45, 7) is 9.46. The van der Waals surface area contributed by atoms with E-state index in [2.05, 4.69) is 27.7 Å². The maximum absolute atomic E-state index is 2.43. The van der Waals surface area contributed by atoms with Crippen LogP contribution in [-0.4, -0.2) is 0 Å². The van der Waals surface area contributed by atoms with Gasteiger partial charge >= 0.3 is 0 Å². The third-order valence-corrected chi connectivity index (χ3v) is 4.17. The first-order valence-electron chi connectivity index (χ1n) is 6.22. The minimum absolute atomic E-state index is 0.947. The van der Waals surface area contributed by atoms with Gasteiger partial charge in [-0.05, 0) is 36.5 Å². The van der Waals surface area contributed by atoms with E-state index in [1.807, 2.05) is 0 Å². The average Bonchev–Trinajstić information content (AvgIpc) is 2.91. The van der Waals surface area contributed by atoms with Gasteiger partial charge in [0.1, 0.15) is 0 Å². The maximum Gasteiger partial charge on any atom is -0.0380 e. The molecule has 0 aromatic heterocycles. The highest BCUT2D eigenvalue weighted by atomic mass is 14.4. The summed E-state index contributed by atoms with van der Waals surface area (Å²) in [4.78, 5) is 0. The zero-order valence-corrected chi connectivity index (χ0v) is 9.84. The molecule has 1 aliphatic carbocycles. The first-order valence-corrected chi connectivity index (χ1v) is 6.22. The quantitative estimate of drug-likeness (QED) is 0.567. The molecule has 0 spiro atoms. The van der Waals surface area contributed by atoms with Gasteiger partial charge in [0.2, 0.25) is 0 Å². The lowest BCUT2D eigenvalue weighted by atomic mass is 9.85. The lowest BCUT2D eigenvalue weighted by molar-refractivity contribution is 0.298. The van der Waals surface area contributed by atoms with Gasteiger partial charge in [-0.15, -0.1) is 0 Å². The van der Waals surface area contributed by atoms with Crippen LogP contribution in [0.1, 0.15) is 59.8 Å². The minimum atomic E-state index is 0.947. The lowest BCUT2D eigenvalue weighted by Gasteiger charge is -2.21. The van der Waals surface area contributed by atoms with Crippen LogP contribution in [0.2, 0.25) is 0 Å². The Morgan fingerprint density at radius 2 is 1.77 bits per heavy atom. The zero-order chi connectivity index (χ0) is 9.84. The molecule has 0 nitrogen and oxygen atoms in total. The molecule has 13 heavy (non-hydrogen) atoms. The van der Waals surface area contributed by atoms with Crippen molar-refractivity contribution in [2.75, 3.05) is 0 Å². The third kappa shape index (κ3) is 3.00. The number of hydrogen-bond acceptors (Lipinski definition) is 0. The second-order valence-corrected chi connectivity index (χ2v) is 4.95. The molecular weight excluding hydrogens is 156 g/mol. The van der Waals surface area contributed by atoms with Crippen LogP contribution < -0.4 is 0 Å². The molecule has 0 amide bonds. The van der Waals surface area contributed by atoms with Crippen molar-refractivity contribution in [1.29, 1.82) is 0 Å². The molecule has 0 radical (unpaired) electrons. The normalized spacial score (nSPS) is 31.4. The second kappa shape index (κ2) is 5.02. The Morgan fingerprint density at radius 1 is 1.08 bits per heavy atom. The van der Waals surface area contributed by atoms with Gasteiger partial charge in [-0.3, -0.25) is 0 Å². The Bertz CT molecular complexity index is 139. The van der Waals surface area contributed by atoms with Gasteiger partial charge in [-0.1, -0.05) is 47.0 Å². The molecule has 4 unspecified atom stereocenters. The summed E-state index contributed by atoms with van der Waals surface area (Å²) in [5, 5.41) is 0. The third-order valence-electron chi connectivity index (χ3n) is 4.17. The fraction of sp³-hybridized carbons (Fsp3) is 1.00. The molecular formula is C13H26. The summed E-state index contributed by atoms with van der Waals surface area (Å²) >= 11 is 0. The van der Waals surface area contributed by atoms with Crippen LogP contribution in [0.5, 0.6) is 0 Å². The summed E-state index contributed by atoms with van der Waals surface area (Å²) in [5.41, 5.74) is 0. The highest BCUT2D eigenvalue weighted by Crippen LogP contribution is 2.46.